The van der Waals surface area contributed by atoms with Crippen molar-refractivity contribution in [2.75, 3.05) is 39.3 Å². The fourth-order valence-corrected chi connectivity index (χ4v) is 2.64. The number of carbonyl (C=O) groups is 1. The van der Waals surface area contributed by atoms with Gasteiger partial charge in [-0.3, -0.25) is 4.79 Å². The maximum atomic E-state index is 12.0. The summed E-state index contributed by atoms with van der Waals surface area (Å²) in [5.41, 5.74) is 0.391. The minimum atomic E-state index is 0. The Labute approximate surface area is 96.2 Å². The number of rotatable bonds is 1. The second-order valence-corrected chi connectivity index (χ2v) is 4.80. The standard InChI is InChI=1S/C10H17N3O.ClH/c14-9(13-3-1-11-2-4-13)8-5-10(8)6-12-7-10;/h8,11-12H,1-7H2;1H. The maximum Gasteiger partial charge on any atom is 0.226 e. The van der Waals surface area contributed by atoms with Gasteiger partial charge in [0.1, 0.15) is 0 Å². The number of hydrogen-bond donors (Lipinski definition) is 2. The molecule has 0 aromatic heterocycles. The summed E-state index contributed by atoms with van der Waals surface area (Å²) in [6, 6.07) is 0. The van der Waals surface area contributed by atoms with E-state index in [9.17, 15) is 4.79 Å². The van der Waals surface area contributed by atoms with E-state index in [0.717, 1.165) is 45.7 Å². The van der Waals surface area contributed by atoms with Crippen LogP contribution >= 0.6 is 12.4 Å². The van der Waals surface area contributed by atoms with E-state index in [-0.39, 0.29) is 12.4 Å². The van der Waals surface area contributed by atoms with Gasteiger partial charge in [-0.05, 0) is 6.42 Å². The summed E-state index contributed by atoms with van der Waals surface area (Å²) in [5, 5.41) is 6.54. The van der Waals surface area contributed by atoms with Crippen LogP contribution in [-0.2, 0) is 4.79 Å². The number of carbonyl (C=O) groups excluding carboxylic acids is 1. The zero-order valence-corrected chi connectivity index (χ0v) is 9.61. The van der Waals surface area contributed by atoms with E-state index in [2.05, 4.69) is 10.6 Å². The topological polar surface area (TPSA) is 44.4 Å². The molecule has 0 aromatic rings. The first-order valence-electron chi connectivity index (χ1n) is 5.52. The van der Waals surface area contributed by atoms with E-state index < -0.39 is 0 Å². The lowest BCUT2D eigenvalue weighted by Gasteiger charge is -2.32. The van der Waals surface area contributed by atoms with Gasteiger partial charge in [0.15, 0.2) is 0 Å². The van der Waals surface area contributed by atoms with Crippen LogP contribution < -0.4 is 10.6 Å². The van der Waals surface area contributed by atoms with Crippen LogP contribution in [0, 0.1) is 11.3 Å². The molecule has 3 rings (SSSR count). The van der Waals surface area contributed by atoms with E-state index in [1.54, 1.807) is 0 Å². The fourth-order valence-electron chi connectivity index (χ4n) is 2.64. The highest BCUT2D eigenvalue weighted by Crippen LogP contribution is 2.55. The number of nitrogens with zero attached hydrogens (tertiary/aromatic N) is 1. The summed E-state index contributed by atoms with van der Waals surface area (Å²) in [5.74, 6) is 0.759. The first-order valence-corrected chi connectivity index (χ1v) is 5.52. The number of hydrogen-bond acceptors (Lipinski definition) is 3. The smallest absolute Gasteiger partial charge is 0.226 e. The summed E-state index contributed by atoms with van der Waals surface area (Å²) in [7, 11) is 0. The summed E-state index contributed by atoms with van der Waals surface area (Å²) in [4.78, 5) is 14.1. The quantitative estimate of drug-likeness (QED) is 0.637. The molecule has 5 heteroatoms. The fraction of sp³-hybridized carbons (Fsp3) is 0.900. The van der Waals surface area contributed by atoms with Gasteiger partial charge in [-0.2, -0.15) is 0 Å². The minimum absolute atomic E-state index is 0. The normalized spacial score (nSPS) is 31.7. The Hall–Kier alpha value is -0.320. The van der Waals surface area contributed by atoms with Crippen molar-refractivity contribution in [2.24, 2.45) is 11.3 Å². The Morgan fingerprint density at radius 3 is 2.33 bits per heavy atom. The number of halogens is 1. The van der Waals surface area contributed by atoms with Crippen molar-refractivity contribution in [2.45, 2.75) is 6.42 Å². The van der Waals surface area contributed by atoms with E-state index in [1.165, 1.54) is 0 Å². The lowest BCUT2D eigenvalue weighted by Crippen LogP contribution is -2.50. The molecule has 3 fully saturated rings. The van der Waals surface area contributed by atoms with Gasteiger partial charge in [-0.1, -0.05) is 0 Å². The van der Waals surface area contributed by atoms with Crippen molar-refractivity contribution in [3.63, 3.8) is 0 Å². The van der Waals surface area contributed by atoms with Gasteiger partial charge in [0, 0.05) is 50.6 Å². The molecule has 1 aliphatic carbocycles. The molecule has 1 amide bonds. The summed E-state index contributed by atoms with van der Waals surface area (Å²) in [6.45, 7) is 5.86. The van der Waals surface area contributed by atoms with E-state index in [1.807, 2.05) is 4.90 Å². The molecular formula is C10H18ClN3O. The van der Waals surface area contributed by atoms with Crippen LogP contribution in [0.25, 0.3) is 0 Å². The molecule has 1 saturated carbocycles. The first-order chi connectivity index (χ1) is 6.82. The minimum Gasteiger partial charge on any atom is -0.340 e. The van der Waals surface area contributed by atoms with Crippen molar-refractivity contribution in [1.29, 1.82) is 0 Å². The van der Waals surface area contributed by atoms with Crippen molar-refractivity contribution in [3.8, 4) is 0 Å². The van der Waals surface area contributed by atoms with Gasteiger partial charge in [0.25, 0.3) is 0 Å². The Kier molecular flexibility index (Phi) is 2.92. The molecule has 1 unspecified atom stereocenters. The molecule has 3 aliphatic rings. The highest BCUT2D eigenvalue weighted by Gasteiger charge is 2.62. The third-order valence-corrected chi connectivity index (χ3v) is 3.87. The van der Waals surface area contributed by atoms with Crippen LogP contribution in [-0.4, -0.2) is 50.1 Å². The summed E-state index contributed by atoms with van der Waals surface area (Å²) < 4.78 is 0. The van der Waals surface area contributed by atoms with Crippen molar-refractivity contribution in [1.82, 2.24) is 15.5 Å². The van der Waals surface area contributed by atoms with Gasteiger partial charge < -0.3 is 15.5 Å². The predicted octanol–water partition coefficient (Wildman–Crippen LogP) is -0.550. The van der Waals surface area contributed by atoms with Crippen LogP contribution in [0.3, 0.4) is 0 Å². The molecule has 1 atom stereocenters. The van der Waals surface area contributed by atoms with Crippen LogP contribution in [0.4, 0.5) is 0 Å². The van der Waals surface area contributed by atoms with Crippen LogP contribution in [0.1, 0.15) is 6.42 Å². The van der Waals surface area contributed by atoms with E-state index >= 15 is 0 Å². The highest BCUT2D eigenvalue weighted by atomic mass is 35.5. The van der Waals surface area contributed by atoms with Gasteiger partial charge in [-0.15, -0.1) is 12.4 Å². The van der Waals surface area contributed by atoms with Crippen molar-refractivity contribution in [3.05, 3.63) is 0 Å². The molecule has 2 aliphatic heterocycles. The molecule has 86 valence electrons. The number of amides is 1. The SMILES string of the molecule is Cl.O=C(C1CC12CNC2)N1CCNCC1. The Balaban J connectivity index is 0.000000853. The predicted molar refractivity (Wildman–Crippen MR) is 60.1 cm³/mol. The van der Waals surface area contributed by atoms with Gasteiger partial charge in [-0.25, -0.2) is 0 Å². The lowest BCUT2D eigenvalue weighted by molar-refractivity contribution is -0.134. The van der Waals surface area contributed by atoms with Crippen molar-refractivity contribution < 1.29 is 4.79 Å². The molecule has 1 spiro atoms. The molecular weight excluding hydrogens is 214 g/mol. The van der Waals surface area contributed by atoms with Gasteiger partial charge >= 0.3 is 0 Å². The largest absolute Gasteiger partial charge is 0.340 e. The maximum absolute atomic E-state index is 12.0. The highest BCUT2D eigenvalue weighted by molar-refractivity contribution is 5.85. The lowest BCUT2D eigenvalue weighted by atomic mass is 9.96. The Morgan fingerprint density at radius 2 is 1.87 bits per heavy atom. The van der Waals surface area contributed by atoms with Crippen molar-refractivity contribution >= 4 is 18.3 Å². The first kappa shape index (κ1) is 11.2. The zero-order valence-electron chi connectivity index (χ0n) is 8.79. The van der Waals surface area contributed by atoms with E-state index in [4.69, 9.17) is 0 Å². The monoisotopic (exact) mass is 231 g/mol. The van der Waals surface area contributed by atoms with Gasteiger partial charge in [0.2, 0.25) is 5.91 Å². The Morgan fingerprint density at radius 1 is 1.20 bits per heavy atom. The van der Waals surface area contributed by atoms with Crippen LogP contribution in [0.5, 0.6) is 0 Å². The average molecular weight is 232 g/mol. The number of nitrogens with one attached hydrogen (secondary N) is 2. The Bertz CT molecular complexity index is 255. The molecule has 0 radical (unpaired) electrons. The molecule has 4 nitrogen and oxygen atoms in total. The molecule has 2 heterocycles. The van der Waals surface area contributed by atoms with Gasteiger partial charge in [0.05, 0.1) is 0 Å². The average Bonchev–Trinajstić information content (AvgIpc) is 2.93. The second-order valence-electron chi connectivity index (χ2n) is 4.80. The summed E-state index contributed by atoms with van der Waals surface area (Å²) in [6.07, 6.45) is 1.13. The number of piperazine rings is 1. The third kappa shape index (κ3) is 1.75. The van der Waals surface area contributed by atoms with Crippen LogP contribution in [0.15, 0.2) is 0 Å². The third-order valence-electron chi connectivity index (χ3n) is 3.87. The molecule has 15 heavy (non-hydrogen) atoms. The molecule has 0 aromatic carbocycles. The molecule has 2 N–H and O–H groups in total. The second kappa shape index (κ2) is 3.92. The molecule has 0 bridgehead atoms. The van der Waals surface area contributed by atoms with Crippen LogP contribution in [0.2, 0.25) is 0 Å². The zero-order chi connectivity index (χ0) is 9.60. The molecule has 2 saturated heterocycles. The van der Waals surface area contributed by atoms with E-state index in [0.29, 0.717) is 17.2 Å². The summed E-state index contributed by atoms with van der Waals surface area (Å²) >= 11 is 0.